The predicted octanol–water partition coefficient (Wildman–Crippen LogP) is 5.43. The molecule has 120 valence electrons. The fourth-order valence-electron chi connectivity index (χ4n) is 2.82. The Morgan fingerprint density at radius 3 is 1.88 bits per heavy atom. The molecule has 0 radical (unpaired) electrons. The highest BCUT2D eigenvalue weighted by atomic mass is 19.1. The molecule has 1 atom stereocenters. The van der Waals surface area contributed by atoms with Gasteiger partial charge in [-0.1, -0.05) is 78.9 Å². The van der Waals surface area contributed by atoms with Crippen molar-refractivity contribution in [2.24, 2.45) is 0 Å². The van der Waals surface area contributed by atoms with Gasteiger partial charge in [-0.3, -0.25) is 0 Å². The summed E-state index contributed by atoms with van der Waals surface area (Å²) in [7, 11) is 1.67. The molecule has 0 bridgehead atoms. The molecule has 3 aromatic carbocycles. The number of halogens is 1. The molecule has 0 aliphatic heterocycles. The zero-order valence-electron chi connectivity index (χ0n) is 13.5. The third kappa shape index (κ3) is 3.29. The Hall–Kier alpha value is -2.71. The molecule has 0 aliphatic rings. The van der Waals surface area contributed by atoms with E-state index in [1.807, 2.05) is 72.8 Å². The standard InChI is InChI=1S/C22H19FO/c1-24-22(19-10-6-3-7-11-19,20-12-14-21(23)15-13-20)17-16-18-8-4-2-5-9-18/h2-17H,1H3. The Balaban J connectivity index is 2.12. The minimum Gasteiger partial charge on any atom is -0.365 e. The molecule has 0 spiro atoms. The maximum absolute atomic E-state index is 13.4. The Morgan fingerprint density at radius 2 is 1.29 bits per heavy atom. The molecule has 3 aromatic rings. The van der Waals surface area contributed by atoms with Gasteiger partial charge in [0.1, 0.15) is 11.4 Å². The maximum Gasteiger partial charge on any atom is 0.136 e. The van der Waals surface area contributed by atoms with Gasteiger partial charge < -0.3 is 4.74 Å². The monoisotopic (exact) mass is 318 g/mol. The Morgan fingerprint density at radius 1 is 0.750 bits per heavy atom. The van der Waals surface area contributed by atoms with Crippen LogP contribution in [0.3, 0.4) is 0 Å². The van der Waals surface area contributed by atoms with E-state index in [1.165, 1.54) is 12.1 Å². The quantitative estimate of drug-likeness (QED) is 0.609. The molecule has 0 aromatic heterocycles. The molecule has 0 saturated carbocycles. The number of rotatable bonds is 5. The van der Waals surface area contributed by atoms with Crippen LogP contribution in [0, 0.1) is 5.82 Å². The summed E-state index contributed by atoms with van der Waals surface area (Å²) in [5, 5.41) is 0. The van der Waals surface area contributed by atoms with E-state index in [-0.39, 0.29) is 5.82 Å². The lowest BCUT2D eigenvalue weighted by atomic mass is 9.85. The molecular weight excluding hydrogens is 299 g/mol. The second-order valence-electron chi connectivity index (χ2n) is 5.56. The lowest BCUT2D eigenvalue weighted by Gasteiger charge is -2.30. The summed E-state index contributed by atoms with van der Waals surface area (Å²) in [5.41, 5.74) is 2.18. The molecular formula is C22H19FO. The molecule has 3 rings (SSSR count). The fraction of sp³-hybridized carbons (Fsp3) is 0.0909. The highest BCUT2D eigenvalue weighted by molar-refractivity contribution is 5.54. The summed E-state index contributed by atoms with van der Waals surface area (Å²) in [6.07, 6.45) is 4.05. The number of methoxy groups -OCH3 is 1. The van der Waals surface area contributed by atoms with Crippen LogP contribution in [-0.4, -0.2) is 7.11 Å². The van der Waals surface area contributed by atoms with Crippen LogP contribution < -0.4 is 0 Å². The first-order valence-corrected chi connectivity index (χ1v) is 7.85. The number of hydrogen-bond donors (Lipinski definition) is 0. The third-order valence-corrected chi connectivity index (χ3v) is 4.11. The topological polar surface area (TPSA) is 9.23 Å². The minimum atomic E-state index is -0.773. The van der Waals surface area contributed by atoms with Gasteiger partial charge in [0.05, 0.1) is 0 Å². The van der Waals surface area contributed by atoms with Gasteiger partial charge in [-0.2, -0.15) is 0 Å². The Kier molecular flexibility index (Phi) is 4.88. The largest absolute Gasteiger partial charge is 0.365 e. The molecule has 0 heterocycles. The molecule has 0 amide bonds. The molecule has 1 unspecified atom stereocenters. The van der Waals surface area contributed by atoms with Gasteiger partial charge in [-0.05, 0) is 34.9 Å². The van der Waals surface area contributed by atoms with Crippen LogP contribution in [0.5, 0.6) is 0 Å². The first kappa shape index (κ1) is 16.2. The van der Waals surface area contributed by atoms with Crippen molar-refractivity contribution in [2.45, 2.75) is 5.60 Å². The summed E-state index contributed by atoms with van der Waals surface area (Å²) in [5.74, 6) is -0.260. The van der Waals surface area contributed by atoms with Gasteiger partial charge in [-0.25, -0.2) is 4.39 Å². The van der Waals surface area contributed by atoms with E-state index < -0.39 is 5.60 Å². The van der Waals surface area contributed by atoms with Gasteiger partial charge in [0.2, 0.25) is 0 Å². The molecule has 24 heavy (non-hydrogen) atoms. The van der Waals surface area contributed by atoms with E-state index >= 15 is 0 Å². The Bertz CT molecular complexity index is 794. The van der Waals surface area contributed by atoms with Crippen molar-refractivity contribution in [2.75, 3.05) is 7.11 Å². The van der Waals surface area contributed by atoms with Crippen LogP contribution in [0.25, 0.3) is 6.08 Å². The third-order valence-electron chi connectivity index (χ3n) is 4.11. The summed E-state index contributed by atoms with van der Waals surface area (Å²) in [4.78, 5) is 0. The van der Waals surface area contributed by atoms with E-state index in [4.69, 9.17) is 4.74 Å². The van der Waals surface area contributed by atoms with Crippen LogP contribution in [0.2, 0.25) is 0 Å². The molecule has 0 saturated heterocycles. The number of hydrogen-bond acceptors (Lipinski definition) is 1. The summed E-state index contributed by atoms with van der Waals surface area (Å²) < 4.78 is 19.3. The minimum absolute atomic E-state index is 0.260. The number of benzene rings is 3. The van der Waals surface area contributed by atoms with Gasteiger partial charge in [-0.15, -0.1) is 0 Å². The zero-order valence-corrected chi connectivity index (χ0v) is 13.5. The average molecular weight is 318 g/mol. The van der Waals surface area contributed by atoms with Crippen molar-refractivity contribution in [1.82, 2.24) is 0 Å². The second kappa shape index (κ2) is 7.24. The predicted molar refractivity (Wildman–Crippen MR) is 96.1 cm³/mol. The van der Waals surface area contributed by atoms with E-state index in [1.54, 1.807) is 19.2 Å². The van der Waals surface area contributed by atoms with Gasteiger partial charge >= 0.3 is 0 Å². The summed E-state index contributed by atoms with van der Waals surface area (Å²) in [6.45, 7) is 0. The first-order chi connectivity index (χ1) is 11.7. The maximum atomic E-state index is 13.4. The average Bonchev–Trinajstić information content (AvgIpc) is 2.65. The van der Waals surface area contributed by atoms with Gasteiger partial charge in [0, 0.05) is 7.11 Å². The SMILES string of the molecule is COC(C=Cc1ccccc1)(c1ccccc1)c1ccc(F)cc1. The highest BCUT2D eigenvalue weighted by Crippen LogP contribution is 2.35. The van der Waals surface area contributed by atoms with Crippen LogP contribution in [0.4, 0.5) is 4.39 Å². The fourth-order valence-corrected chi connectivity index (χ4v) is 2.82. The van der Waals surface area contributed by atoms with E-state index in [2.05, 4.69) is 0 Å². The Labute approximate surface area is 142 Å². The van der Waals surface area contributed by atoms with Crippen molar-refractivity contribution in [3.05, 3.63) is 114 Å². The van der Waals surface area contributed by atoms with Crippen LogP contribution in [0.1, 0.15) is 16.7 Å². The summed E-state index contributed by atoms with van der Waals surface area (Å²) in [6, 6.07) is 26.4. The van der Waals surface area contributed by atoms with E-state index in [0.717, 1.165) is 16.7 Å². The lowest BCUT2D eigenvalue weighted by molar-refractivity contribution is 0.0661. The molecule has 0 aliphatic carbocycles. The highest BCUT2D eigenvalue weighted by Gasteiger charge is 2.31. The van der Waals surface area contributed by atoms with Crippen LogP contribution in [-0.2, 0) is 10.3 Å². The van der Waals surface area contributed by atoms with Gasteiger partial charge in [0.15, 0.2) is 0 Å². The van der Waals surface area contributed by atoms with Crippen molar-refractivity contribution < 1.29 is 9.13 Å². The first-order valence-electron chi connectivity index (χ1n) is 7.85. The zero-order chi connectivity index (χ0) is 16.8. The molecule has 0 fully saturated rings. The molecule has 2 heteroatoms. The van der Waals surface area contributed by atoms with E-state index in [0.29, 0.717) is 0 Å². The van der Waals surface area contributed by atoms with E-state index in [9.17, 15) is 4.39 Å². The number of ether oxygens (including phenoxy) is 1. The van der Waals surface area contributed by atoms with Crippen LogP contribution >= 0.6 is 0 Å². The van der Waals surface area contributed by atoms with Gasteiger partial charge in [0.25, 0.3) is 0 Å². The lowest BCUT2D eigenvalue weighted by Crippen LogP contribution is -2.27. The smallest absolute Gasteiger partial charge is 0.136 e. The van der Waals surface area contributed by atoms with Crippen molar-refractivity contribution in [3.63, 3.8) is 0 Å². The normalized spacial score (nSPS) is 13.8. The molecule has 1 nitrogen and oxygen atoms in total. The van der Waals surface area contributed by atoms with Crippen molar-refractivity contribution >= 4 is 6.08 Å². The van der Waals surface area contributed by atoms with Crippen molar-refractivity contribution in [1.29, 1.82) is 0 Å². The summed E-state index contributed by atoms with van der Waals surface area (Å²) >= 11 is 0. The van der Waals surface area contributed by atoms with Crippen LogP contribution in [0.15, 0.2) is 91.0 Å². The van der Waals surface area contributed by atoms with Crippen molar-refractivity contribution in [3.8, 4) is 0 Å². The molecule has 0 N–H and O–H groups in total. The second-order valence-corrected chi connectivity index (χ2v) is 5.56.